The van der Waals surface area contributed by atoms with Crippen LogP contribution in [0.1, 0.15) is 0 Å². The van der Waals surface area contributed by atoms with E-state index < -0.39 is 0 Å². The molecule has 1 heterocycles. The van der Waals surface area contributed by atoms with Gasteiger partial charge >= 0.3 is 43.3 Å². The summed E-state index contributed by atoms with van der Waals surface area (Å²) in [4.78, 5) is 3.86. The van der Waals surface area contributed by atoms with E-state index in [1.54, 1.807) is 0 Å². The van der Waals surface area contributed by atoms with Crippen molar-refractivity contribution in [3.63, 3.8) is 0 Å². The van der Waals surface area contributed by atoms with Crippen molar-refractivity contribution in [3.8, 4) is 0 Å². The number of aliphatic imine (C=N–C) groups is 1. The third-order valence-corrected chi connectivity index (χ3v) is 1.08. The van der Waals surface area contributed by atoms with Gasteiger partial charge in [-0.1, -0.05) is 0 Å². The molecule has 1 aliphatic rings. The van der Waals surface area contributed by atoms with Crippen molar-refractivity contribution in [2.24, 2.45) is 4.99 Å². The third kappa shape index (κ3) is 0.671. The molecule has 0 saturated heterocycles. The second-order valence-corrected chi connectivity index (χ2v) is 1.81. The molecule has 2 nitrogen and oxygen atoms in total. The zero-order valence-electron chi connectivity index (χ0n) is 3.14. The van der Waals surface area contributed by atoms with Gasteiger partial charge in [-0.25, -0.2) is 0 Å². The fourth-order valence-corrected chi connectivity index (χ4v) is 0.638. The minimum absolute atomic E-state index is 0.877. The van der Waals surface area contributed by atoms with Crippen LogP contribution in [-0.4, -0.2) is 33.0 Å². The first-order valence-electron chi connectivity index (χ1n) is 1.70. The van der Waals surface area contributed by atoms with Crippen LogP contribution in [-0.2, 0) is 0 Å². The van der Waals surface area contributed by atoms with Crippen LogP contribution in [0.2, 0.25) is 0 Å². The van der Waals surface area contributed by atoms with Crippen molar-refractivity contribution in [2.45, 2.75) is 0 Å². The van der Waals surface area contributed by atoms with Gasteiger partial charge in [-0.05, 0) is 0 Å². The van der Waals surface area contributed by atoms with Crippen molar-refractivity contribution < 1.29 is 0 Å². The predicted octanol–water partition coefficient (Wildman–Crippen LogP) is -1.08. The number of hydrogen-bond donors (Lipinski definition) is 1. The Labute approximate surface area is 44.0 Å². The van der Waals surface area contributed by atoms with E-state index in [0.29, 0.717) is 0 Å². The Morgan fingerprint density at radius 2 is 2.83 bits per heavy atom. The average Bonchev–Trinajstić information content (AvgIpc) is 1.86. The Balaban J connectivity index is 2.59. The molecule has 0 fully saturated rings. The number of hydrogen-bond acceptors (Lipinski definition) is 2. The van der Waals surface area contributed by atoms with Gasteiger partial charge in [-0.2, -0.15) is 0 Å². The standard InChI is InChI=1S/C3H4N2Se/c6-3-4-1-2-5-3/h1H,2H2,(H,5,6). The average molecular weight is 147 g/mol. The molecule has 0 aromatic carbocycles. The van der Waals surface area contributed by atoms with Crippen LogP contribution in [0.4, 0.5) is 0 Å². The molecule has 0 unspecified atom stereocenters. The molecule has 6 heavy (non-hydrogen) atoms. The first-order valence-corrected chi connectivity index (χ1v) is 2.55. The van der Waals surface area contributed by atoms with Gasteiger partial charge < -0.3 is 0 Å². The van der Waals surface area contributed by atoms with Crippen LogP contribution in [0.15, 0.2) is 4.99 Å². The summed E-state index contributed by atoms with van der Waals surface area (Å²) in [7, 11) is 0. The molecule has 0 saturated carbocycles. The van der Waals surface area contributed by atoms with Gasteiger partial charge in [-0.15, -0.1) is 0 Å². The molecule has 0 radical (unpaired) electrons. The van der Waals surface area contributed by atoms with Crippen molar-refractivity contribution in [1.82, 2.24) is 5.32 Å². The summed E-state index contributed by atoms with van der Waals surface area (Å²) in [6.07, 6.45) is 1.83. The normalized spacial score (nSPS) is 18.3. The van der Waals surface area contributed by atoms with E-state index in [1.807, 2.05) is 6.21 Å². The monoisotopic (exact) mass is 148 g/mol. The topological polar surface area (TPSA) is 24.4 Å². The van der Waals surface area contributed by atoms with Gasteiger partial charge in [0.2, 0.25) is 0 Å². The summed E-state index contributed by atoms with van der Waals surface area (Å²) >= 11 is 2.75. The van der Waals surface area contributed by atoms with Crippen molar-refractivity contribution in [3.05, 3.63) is 0 Å². The van der Waals surface area contributed by atoms with Crippen LogP contribution in [0, 0.1) is 0 Å². The van der Waals surface area contributed by atoms with Crippen molar-refractivity contribution in [1.29, 1.82) is 0 Å². The van der Waals surface area contributed by atoms with E-state index in [9.17, 15) is 0 Å². The van der Waals surface area contributed by atoms with Gasteiger partial charge in [0.05, 0.1) is 0 Å². The zero-order valence-corrected chi connectivity index (χ0v) is 4.85. The summed E-state index contributed by atoms with van der Waals surface area (Å²) in [5.74, 6) is 0. The molecule has 0 aromatic rings. The molecule has 1 rings (SSSR count). The van der Waals surface area contributed by atoms with E-state index in [1.165, 1.54) is 0 Å². The van der Waals surface area contributed by atoms with Crippen molar-refractivity contribution >= 4 is 26.5 Å². The van der Waals surface area contributed by atoms with E-state index in [0.717, 1.165) is 11.2 Å². The molecule has 0 atom stereocenters. The minimum atomic E-state index is 0.877. The third-order valence-electron chi connectivity index (χ3n) is 0.553. The molecular weight excluding hydrogens is 143 g/mol. The van der Waals surface area contributed by atoms with Crippen LogP contribution < -0.4 is 5.32 Å². The fraction of sp³-hybridized carbons (Fsp3) is 0.333. The summed E-state index contributed by atoms with van der Waals surface area (Å²) in [6, 6.07) is 0. The first kappa shape index (κ1) is 4.03. The van der Waals surface area contributed by atoms with Gasteiger partial charge in [-0.3, -0.25) is 0 Å². The second-order valence-electron chi connectivity index (χ2n) is 0.998. The van der Waals surface area contributed by atoms with E-state index in [4.69, 9.17) is 0 Å². The first-order chi connectivity index (χ1) is 2.89. The summed E-state index contributed by atoms with van der Waals surface area (Å²) in [5.41, 5.74) is 0. The van der Waals surface area contributed by atoms with E-state index in [-0.39, 0.29) is 0 Å². The molecule has 32 valence electrons. The molecule has 1 aliphatic heterocycles. The summed E-state index contributed by atoms with van der Waals surface area (Å²) in [5, 5.41) is 2.96. The molecule has 1 N–H and O–H groups in total. The molecule has 0 bridgehead atoms. The summed E-state index contributed by atoms with van der Waals surface area (Å²) < 4.78 is 0.898. The Morgan fingerprint density at radius 1 is 2.00 bits per heavy atom. The Hall–Kier alpha value is -0.141. The van der Waals surface area contributed by atoms with Crippen LogP contribution in [0.25, 0.3) is 0 Å². The number of rotatable bonds is 0. The maximum atomic E-state index is 3.86. The maximum absolute atomic E-state index is 3.86. The molecule has 0 aliphatic carbocycles. The number of nitrogens with one attached hydrogen (secondary N) is 1. The van der Waals surface area contributed by atoms with Gasteiger partial charge in [0.25, 0.3) is 0 Å². The Kier molecular flexibility index (Phi) is 1.03. The van der Waals surface area contributed by atoms with Crippen LogP contribution in [0.3, 0.4) is 0 Å². The van der Waals surface area contributed by atoms with Gasteiger partial charge in [0.15, 0.2) is 0 Å². The van der Waals surface area contributed by atoms with Gasteiger partial charge in [0.1, 0.15) is 0 Å². The molecule has 0 aromatic heterocycles. The molecular formula is C3H4N2Se. The SMILES string of the molecule is [Se]=C1N=CCN1. The molecule has 3 heteroatoms. The molecule has 0 spiro atoms. The van der Waals surface area contributed by atoms with E-state index in [2.05, 4.69) is 25.9 Å². The predicted molar refractivity (Wildman–Crippen MR) is 27.3 cm³/mol. The zero-order chi connectivity index (χ0) is 4.41. The Morgan fingerprint density at radius 3 is 3.00 bits per heavy atom. The van der Waals surface area contributed by atoms with Crippen LogP contribution in [0.5, 0.6) is 0 Å². The van der Waals surface area contributed by atoms with Gasteiger partial charge in [0, 0.05) is 0 Å². The fourth-order valence-electron chi connectivity index (χ4n) is 0.307. The van der Waals surface area contributed by atoms with Crippen LogP contribution >= 0.6 is 0 Å². The Bertz CT molecular complexity index is 97.0. The quantitative estimate of drug-likeness (QED) is 0.433. The summed E-state index contributed by atoms with van der Waals surface area (Å²) in [6.45, 7) is 0.877. The van der Waals surface area contributed by atoms with Crippen molar-refractivity contribution in [2.75, 3.05) is 6.54 Å². The molecule has 0 amide bonds. The van der Waals surface area contributed by atoms with E-state index >= 15 is 0 Å². The second kappa shape index (κ2) is 1.54. The number of nitrogens with zero attached hydrogens (tertiary/aromatic N) is 1.